The largest absolute Gasteiger partial charge is 0.354 e. The van der Waals surface area contributed by atoms with E-state index in [1.165, 1.54) is 33.4 Å². The average Bonchev–Trinajstić information content (AvgIpc) is 2.65. The fourth-order valence-electron chi connectivity index (χ4n) is 3.40. The van der Waals surface area contributed by atoms with Crippen molar-refractivity contribution in [2.45, 2.75) is 45.6 Å². The Hall–Kier alpha value is -1.64. The lowest BCUT2D eigenvalue weighted by Crippen LogP contribution is -2.46. The van der Waals surface area contributed by atoms with Gasteiger partial charge in [-0.15, -0.1) is 0 Å². The van der Waals surface area contributed by atoms with Crippen LogP contribution in [0.15, 0.2) is 24.3 Å². The van der Waals surface area contributed by atoms with Gasteiger partial charge >= 0.3 is 10.2 Å². The van der Waals surface area contributed by atoms with Crippen molar-refractivity contribution in [3.63, 3.8) is 0 Å². The van der Waals surface area contributed by atoms with Crippen LogP contribution in [0.3, 0.4) is 0 Å². The summed E-state index contributed by atoms with van der Waals surface area (Å²) >= 11 is 0. The van der Waals surface area contributed by atoms with Crippen LogP contribution in [-0.4, -0.2) is 69.8 Å². The van der Waals surface area contributed by atoms with E-state index < -0.39 is 10.2 Å². The van der Waals surface area contributed by atoms with Crippen molar-refractivity contribution in [1.82, 2.24) is 14.5 Å². The number of likely N-dealkylation sites (tertiary alicyclic amines) is 1. The van der Waals surface area contributed by atoms with E-state index in [4.69, 9.17) is 0 Å². The minimum absolute atomic E-state index is 0.232. The molecule has 1 amide bonds. The van der Waals surface area contributed by atoms with Gasteiger partial charge in [0.15, 0.2) is 0 Å². The fourth-order valence-corrected chi connectivity index (χ4v) is 4.46. The number of rotatable bonds is 9. The molecular weight excluding hydrogens is 376 g/mol. The zero-order chi connectivity index (χ0) is 20.7. The van der Waals surface area contributed by atoms with Crippen LogP contribution in [0.25, 0.3) is 0 Å². The normalized spacial score (nSPS) is 18.2. The second-order valence-corrected chi connectivity index (χ2v) is 9.78. The standard InChI is InChI=1S/C20H34N4O3S/c1-17-9-11-19(12-10-17)24(28(26,27)22(3)4)16-20(25)21-13-7-15-23-14-6-5-8-18(23)2/h9-12,18H,5-8,13-16H2,1-4H3,(H,21,25)/t18-/m1/s1. The maximum atomic E-state index is 12.7. The molecule has 1 aliphatic heterocycles. The van der Waals surface area contributed by atoms with Crippen LogP contribution >= 0.6 is 0 Å². The third-order valence-corrected chi connectivity index (χ3v) is 7.05. The lowest BCUT2D eigenvalue weighted by molar-refractivity contribution is -0.119. The highest BCUT2D eigenvalue weighted by Crippen LogP contribution is 2.20. The summed E-state index contributed by atoms with van der Waals surface area (Å²) in [5.41, 5.74) is 1.51. The lowest BCUT2D eigenvalue weighted by atomic mass is 10.0. The summed E-state index contributed by atoms with van der Waals surface area (Å²) in [7, 11) is -0.824. The number of hydrogen-bond acceptors (Lipinski definition) is 4. The molecule has 0 spiro atoms. The van der Waals surface area contributed by atoms with Gasteiger partial charge < -0.3 is 10.2 Å². The van der Waals surface area contributed by atoms with E-state index in [2.05, 4.69) is 17.1 Å². The molecule has 8 heteroatoms. The van der Waals surface area contributed by atoms with Crippen LogP contribution in [0.2, 0.25) is 0 Å². The van der Waals surface area contributed by atoms with Crippen molar-refractivity contribution in [2.75, 3.05) is 44.6 Å². The highest BCUT2D eigenvalue weighted by Gasteiger charge is 2.27. The summed E-state index contributed by atoms with van der Waals surface area (Å²) in [6.07, 6.45) is 4.63. The summed E-state index contributed by atoms with van der Waals surface area (Å²) in [4.78, 5) is 14.9. The zero-order valence-electron chi connectivity index (χ0n) is 17.5. The third-order valence-electron chi connectivity index (χ3n) is 5.23. The average molecular weight is 411 g/mol. The molecule has 158 valence electrons. The van der Waals surface area contributed by atoms with Crippen molar-refractivity contribution in [1.29, 1.82) is 0 Å². The minimum atomic E-state index is -3.76. The van der Waals surface area contributed by atoms with E-state index in [-0.39, 0.29) is 12.5 Å². The Morgan fingerprint density at radius 2 is 1.89 bits per heavy atom. The quantitative estimate of drug-likeness (QED) is 0.632. The van der Waals surface area contributed by atoms with Gasteiger partial charge in [0.25, 0.3) is 0 Å². The molecule has 1 saturated heterocycles. The smallest absolute Gasteiger partial charge is 0.304 e. The molecule has 0 unspecified atom stereocenters. The number of nitrogens with one attached hydrogen (secondary N) is 1. The zero-order valence-corrected chi connectivity index (χ0v) is 18.3. The number of amides is 1. The lowest BCUT2D eigenvalue weighted by Gasteiger charge is -2.33. The molecule has 28 heavy (non-hydrogen) atoms. The van der Waals surface area contributed by atoms with E-state index >= 15 is 0 Å². The molecule has 0 aromatic heterocycles. The van der Waals surface area contributed by atoms with Crippen LogP contribution in [0.5, 0.6) is 0 Å². The maximum Gasteiger partial charge on any atom is 0.304 e. The van der Waals surface area contributed by atoms with Crippen LogP contribution < -0.4 is 9.62 Å². The fraction of sp³-hybridized carbons (Fsp3) is 0.650. The molecule has 7 nitrogen and oxygen atoms in total. The Kier molecular flexibility index (Phi) is 8.27. The number of hydrogen-bond donors (Lipinski definition) is 1. The first-order valence-corrected chi connectivity index (χ1v) is 11.4. The Bertz CT molecular complexity index is 734. The molecule has 1 atom stereocenters. The molecule has 1 aromatic rings. The van der Waals surface area contributed by atoms with Gasteiger partial charge in [-0.05, 0) is 51.8 Å². The Morgan fingerprint density at radius 3 is 2.50 bits per heavy atom. The first-order chi connectivity index (χ1) is 13.2. The summed E-state index contributed by atoms with van der Waals surface area (Å²) in [5.74, 6) is -0.294. The monoisotopic (exact) mass is 410 g/mol. The van der Waals surface area contributed by atoms with Crippen LogP contribution in [0, 0.1) is 6.92 Å². The SMILES string of the molecule is Cc1ccc(N(CC(=O)NCCCN2CCCC[C@H]2C)S(=O)(=O)N(C)C)cc1. The number of aryl methyl sites for hydroxylation is 1. The number of piperidine rings is 1. The molecule has 1 N–H and O–H groups in total. The molecular formula is C20H34N4O3S. The number of carbonyl (C=O) groups is 1. The predicted octanol–water partition coefficient (Wildman–Crippen LogP) is 1.99. The topological polar surface area (TPSA) is 73.0 Å². The van der Waals surface area contributed by atoms with Gasteiger partial charge in [-0.3, -0.25) is 4.79 Å². The highest BCUT2D eigenvalue weighted by atomic mass is 32.2. The highest BCUT2D eigenvalue weighted by molar-refractivity contribution is 7.90. The van der Waals surface area contributed by atoms with E-state index in [9.17, 15) is 13.2 Å². The van der Waals surface area contributed by atoms with Crippen LogP contribution in [0.4, 0.5) is 5.69 Å². The second-order valence-electron chi connectivity index (χ2n) is 7.72. The Labute approximate surface area is 169 Å². The summed E-state index contributed by atoms with van der Waals surface area (Å²) in [6.45, 7) is 6.58. The first-order valence-electron chi connectivity index (χ1n) is 9.99. The van der Waals surface area contributed by atoms with Gasteiger partial charge in [-0.2, -0.15) is 12.7 Å². The van der Waals surface area contributed by atoms with Crippen LogP contribution in [-0.2, 0) is 15.0 Å². The molecule has 0 radical (unpaired) electrons. The molecule has 0 aliphatic carbocycles. The molecule has 0 bridgehead atoms. The van der Waals surface area contributed by atoms with E-state index in [1.807, 2.05) is 19.1 Å². The summed E-state index contributed by atoms with van der Waals surface area (Å²) < 4.78 is 27.6. The van der Waals surface area contributed by atoms with Crippen molar-refractivity contribution in [3.05, 3.63) is 29.8 Å². The summed E-state index contributed by atoms with van der Waals surface area (Å²) in [5, 5.41) is 2.87. The van der Waals surface area contributed by atoms with E-state index in [0.29, 0.717) is 18.3 Å². The third kappa shape index (κ3) is 6.18. The Morgan fingerprint density at radius 1 is 1.21 bits per heavy atom. The maximum absolute atomic E-state index is 12.7. The van der Waals surface area contributed by atoms with Gasteiger partial charge in [0, 0.05) is 33.2 Å². The van der Waals surface area contributed by atoms with Crippen molar-refractivity contribution in [2.24, 2.45) is 0 Å². The number of nitrogens with zero attached hydrogens (tertiary/aromatic N) is 3. The van der Waals surface area contributed by atoms with Crippen molar-refractivity contribution in [3.8, 4) is 0 Å². The predicted molar refractivity (Wildman–Crippen MR) is 114 cm³/mol. The van der Waals surface area contributed by atoms with Gasteiger partial charge in [0.2, 0.25) is 5.91 Å². The van der Waals surface area contributed by atoms with E-state index in [1.54, 1.807) is 12.1 Å². The number of carbonyl (C=O) groups excluding carboxylic acids is 1. The molecule has 1 aliphatic rings. The second kappa shape index (κ2) is 10.2. The number of benzene rings is 1. The van der Waals surface area contributed by atoms with Crippen LogP contribution in [0.1, 0.15) is 38.2 Å². The van der Waals surface area contributed by atoms with Gasteiger partial charge in [-0.1, -0.05) is 24.1 Å². The van der Waals surface area contributed by atoms with E-state index in [0.717, 1.165) is 33.7 Å². The van der Waals surface area contributed by atoms with Gasteiger partial charge in [0.05, 0.1) is 5.69 Å². The Balaban J connectivity index is 1.92. The summed E-state index contributed by atoms with van der Waals surface area (Å²) in [6, 6.07) is 7.73. The molecule has 1 fully saturated rings. The molecule has 2 rings (SSSR count). The minimum Gasteiger partial charge on any atom is -0.354 e. The molecule has 1 heterocycles. The first kappa shape index (κ1) is 22.6. The van der Waals surface area contributed by atoms with Crippen molar-refractivity contribution < 1.29 is 13.2 Å². The van der Waals surface area contributed by atoms with Gasteiger partial charge in [0.1, 0.15) is 6.54 Å². The number of anilines is 1. The van der Waals surface area contributed by atoms with Gasteiger partial charge in [-0.25, -0.2) is 4.31 Å². The molecule has 0 saturated carbocycles. The van der Waals surface area contributed by atoms with Crippen molar-refractivity contribution >= 4 is 21.8 Å². The molecule has 1 aromatic carbocycles.